The number of aryl methyl sites for hydroxylation is 1. The zero-order chi connectivity index (χ0) is 19.2. The Morgan fingerprint density at radius 3 is 2.85 bits per heavy atom. The summed E-state index contributed by atoms with van der Waals surface area (Å²) < 4.78 is 4.94. The second-order valence-electron chi connectivity index (χ2n) is 8.12. The minimum atomic E-state index is -0.582. The first-order chi connectivity index (χ1) is 13.1. The molecule has 1 amide bonds. The summed E-state index contributed by atoms with van der Waals surface area (Å²) in [5.74, 6) is 0.699. The van der Waals surface area contributed by atoms with E-state index in [4.69, 9.17) is 4.74 Å². The highest BCUT2D eigenvalue weighted by Gasteiger charge is 2.36. The Bertz CT molecular complexity index is 628. The highest BCUT2D eigenvalue weighted by molar-refractivity contribution is 5.79. The molecule has 1 unspecified atom stereocenters. The van der Waals surface area contributed by atoms with Gasteiger partial charge in [0.2, 0.25) is 5.91 Å². The monoisotopic (exact) mass is 374 g/mol. The lowest BCUT2D eigenvalue weighted by Gasteiger charge is -2.43. The van der Waals surface area contributed by atoms with Crippen molar-refractivity contribution in [1.82, 2.24) is 10.2 Å². The summed E-state index contributed by atoms with van der Waals surface area (Å²) in [7, 11) is 1.57. The van der Waals surface area contributed by atoms with E-state index in [1.165, 1.54) is 48.8 Å². The number of amides is 1. The van der Waals surface area contributed by atoms with Crippen LogP contribution in [0.4, 0.5) is 0 Å². The molecule has 1 heterocycles. The molecule has 27 heavy (non-hydrogen) atoms. The standard InChI is InChI=1S/C22H34N2O3/c1-16-8-9-17-10-11-24(21(26)14-23-13-19(25)15-27-2)22(20(17)12-16)18-6-4-3-5-7-18/h8-9,12,18-19,22-23,25H,3-7,10-11,13-15H2,1-2H3/t19-,22?/m0/s1. The van der Waals surface area contributed by atoms with E-state index >= 15 is 0 Å². The lowest BCUT2D eigenvalue weighted by atomic mass is 9.77. The lowest BCUT2D eigenvalue weighted by Crippen LogP contribution is -2.47. The SMILES string of the molecule is COC[C@@H](O)CNCC(=O)N1CCc2ccc(C)cc2C1C1CCCCC1. The van der Waals surface area contributed by atoms with Crippen LogP contribution in [0.2, 0.25) is 0 Å². The topological polar surface area (TPSA) is 61.8 Å². The van der Waals surface area contributed by atoms with E-state index in [0.29, 0.717) is 12.5 Å². The van der Waals surface area contributed by atoms with Crippen molar-refractivity contribution in [2.24, 2.45) is 5.92 Å². The fourth-order valence-corrected chi connectivity index (χ4v) is 4.70. The number of methoxy groups -OCH3 is 1. The molecule has 5 nitrogen and oxygen atoms in total. The van der Waals surface area contributed by atoms with Crippen LogP contribution in [0.1, 0.15) is 54.8 Å². The summed E-state index contributed by atoms with van der Waals surface area (Å²) >= 11 is 0. The predicted octanol–water partition coefficient (Wildman–Crippen LogP) is 2.60. The first-order valence-corrected chi connectivity index (χ1v) is 10.4. The maximum absolute atomic E-state index is 13.0. The molecule has 1 saturated carbocycles. The van der Waals surface area contributed by atoms with Crippen molar-refractivity contribution in [3.8, 4) is 0 Å². The van der Waals surface area contributed by atoms with E-state index in [1.54, 1.807) is 7.11 Å². The van der Waals surface area contributed by atoms with Gasteiger partial charge in [0.05, 0.1) is 25.3 Å². The third-order valence-electron chi connectivity index (χ3n) is 6.01. The van der Waals surface area contributed by atoms with Crippen molar-refractivity contribution in [2.75, 3.05) is 33.4 Å². The van der Waals surface area contributed by atoms with E-state index < -0.39 is 6.10 Å². The van der Waals surface area contributed by atoms with Gasteiger partial charge < -0.3 is 20.1 Å². The number of hydrogen-bond donors (Lipinski definition) is 2. The molecule has 0 aromatic heterocycles. The van der Waals surface area contributed by atoms with Crippen LogP contribution >= 0.6 is 0 Å². The van der Waals surface area contributed by atoms with Gasteiger partial charge >= 0.3 is 0 Å². The summed E-state index contributed by atoms with van der Waals surface area (Å²) in [5.41, 5.74) is 4.04. The molecular formula is C22H34N2O3. The second-order valence-corrected chi connectivity index (χ2v) is 8.12. The average Bonchev–Trinajstić information content (AvgIpc) is 2.67. The number of hydrogen-bond acceptors (Lipinski definition) is 4. The van der Waals surface area contributed by atoms with Gasteiger partial charge in [0.1, 0.15) is 0 Å². The summed E-state index contributed by atoms with van der Waals surface area (Å²) in [4.78, 5) is 15.1. The highest BCUT2D eigenvalue weighted by Crippen LogP contribution is 2.42. The molecule has 1 aliphatic carbocycles. The van der Waals surface area contributed by atoms with Crippen molar-refractivity contribution in [1.29, 1.82) is 0 Å². The van der Waals surface area contributed by atoms with Crippen molar-refractivity contribution in [3.05, 3.63) is 34.9 Å². The van der Waals surface area contributed by atoms with Crippen LogP contribution in [0.15, 0.2) is 18.2 Å². The third-order valence-corrected chi connectivity index (χ3v) is 6.01. The van der Waals surface area contributed by atoms with Gasteiger partial charge in [-0.2, -0.15) is 0 Å². The maximum atomic E-state index is 13.0. The van der Waals surface area contributed by atoms with Gasteiger partial charge in [-0.25, -0.2) is 0 Å². The molecule has 0 saturated heterocycles. The summed E-state index contributed by atoms with van der Waals surface area (Å²) in [6.07, 6.45) is 6.62. The Labute approximate surface area is 163 Å². The Kier molecular flexibility index (Phi) is 7.27. The van der Waals surface area contributed by atoms with E-state index in [-0.39, 0.29) is 25.1 Å². The minimum absolute atomic E-state index is 0.141. The molecule has 2 N–H and O–H groups in total. The van der Waals surface area contributed by atoms with Crippen LogP contribution in [-0.4, -0.2) is 55.4 Å². The number of ether oxygens (including phenoxy) is 1. The summed E-state index contributed by atoms with van der Waals surface area (Å²) in [6, 6.07) is 6.94. The molecule has 3 rings (SSSR count). The van der Waals surface area contributed by atoms with Gasteiger partial charge in [-0.3, -0.25) is 4.79 Å². The van der Waals surface area contributed by atoms with E-state index in [0.717, 1.165) is 13.0 Å². The zero-order valence-electron chi connectivity index (χ0n) is 16.7. The van der Waals surface area contributed by atoms with Gasteiger partial charge in [0.25, 0.3) is 0 Å². The van der Waals surface area contributed by atoms with Crippen molar-refractivity contribution < 1.29 is 14.6 Å². The number of rotatable bonds is 7. The second kappa shape index (κ2) is 9.67. The Hall–Kier alpha value is -1.43. The molecule has 1 aromatic carbocycles. The van der Waals surface area contributed by atoms with E-state index in [2.05, 4.69) is 35.3 Å². The molecule has 1 aliphatic heterocycles. The zero-order valence-corrected chi connectivity index (χ0v) is 16.7. The van der Waals surface area contributed by atoms with Gasteiger partial charge in [-0.1, -0.05) is 43.0 Å². The van der Waals surface area contributed by atoms with Crippen molar-refractivity contribution >= 4 is 5.91 Å². The maximum Gasteiger partial charge on any atom is 0.237 e. The van der Waals surface area contributed by atoms with Crippen LogP contribution < -0.4 is 5.32 Å². The number of carbonyl (C=O) groups is 1. The summed E-state index contributed by atoms with van der Waals surface area (Å²) in [5, 5.41) is 12.9. The normalized spacial score (nSPS) is 21.7. The molecule has 1 aromatic rings. The smallest absolute Gasteiger partial charge is 0.237 e. The van der Waals surface area contributed by atoms with Crippen molar-refractivity contribution in [2.45, 2.75) is 57.6 Å². The average molecular weight is 375 g/mol. The van der Waals surface area contributed by atoms with E-state index in [9.17, 15) is 9.90 Å². The Balaban J connectivity index is 1.73. The molecule has 150 valence electrons. The quantitative estimate of drug-likeness (QED) is 0.770. The highest BCUT2D eigenvalue weighted by atomic mass is 16.5. The number of benzene rings is 1. The number of nitrogens with zero attached hydrogens (tertiary/aromatic N) is 1. The first-order valence-electron chi connectivity index (χ1n) is 10.4. The molecule has 0 radical (unpaired) electrons. The number of aliphatic hydroxyl groups excluding tert-OH is 1. The van der Waals surface area contributed by atoms with Gasteiger partial charge in [0.15, 0.2) is 0 Å². The minimum Gasteiger partial charge on any atom is -0.389 e. The third kappa shape index (κ3) is 5.09. The van der Waals surface area contributed by atoms with Crippen LogP contribution in [0.25, 0.3) is 0 Å². The molecule has 0 bridgehead atoms. The summed E-state index contributed by atoms with van der Waals surface area (Å²) in [6.45, 7) is 3.85. The largest absolute Gasteiger partial charge is 0.389 e. The molecule has 2 aliphatic rings. The van der Waals surface area contributed by atoms with Crippen LogP contribution in [0.5, 0.6) is 0 Å². The first kappa shape index (κ1) is 20.3. The van der Waals surface area contributed by atoms with Gasteiger partial charge in [-0.15, -0.1) is 0 Å². The van der Waals surface area contributed by atoms with Crippen LogP contribution in [-0.2, 0) is 16.0 Å². The van der Waals surface area contributed by atoms with Gasteiger partial charge in [0, 0.05) is 20.2 Å². The van der Waals surface area contributed by atoms with Crippen LogP contribution in [0, 0.1) is 12.8 Å². The molecule has 0 spiro atoms. The van der Waals surface area contributed by atoms with Crippen LogP contribution in [0.3, 0.4) is 0 Å². The fourth-order valence-electron chi connectivity index (χ4n) is 4.70. The molecule has 5 heteroatoms. The molecular weight excluding hydrogens is 340 g/mol. The number of fused-ring (bicyclic) bond motifs is 1. The van der Waals surface area contributed by atoms with Gasteiger partial charge in [-0.05, 0) is 43.2 Å². The number of carbonyl (C=O) groups excluding carboxylic acids is 1. The van der Waals surface area contributed by atoms with Crippen molar-refractivity contribution in [3.63, 3.8) is 0 Å². The van der Waals surface area contributed by atoms with E-state index in [1.807, 2.05) is 0 Å². The molecule has 1 fully saturated rings. The number of nitrogens with one attached hydrogen (secondary N) is 1. The predicted molar refractivity (Wildman–Crippen MR) is 107 cm³/mol. The molecule has 2 atom stereocenters. The lowest BCUT2D eigenvalue weighted by molar-refractivity contribution is -0.135. The Morgan fingerprint density at radius 1 is 1.33 bits per heavy atom. The Morgan fingerprint density at radius 2 is 2.11 bits per heavy atom. The number of aliphatic hydroxyl groups is 1. The fraction of sp³-hybridized carbons (Fsp3) is 0.682.